The van der Waals surface area contributed by atoms with Crippen LogP contribution in [0.15, 0.2) is 36.5 Å². The van der Waals surface area contributed by atoms with E-state index in [2.05, 4.69) is 11.1 Å². The summed E-state index contributed by atoms with van der Waals surface area (Å²) in [5, 5.41) is 0. The minimum Gasteiger partial charge on any atom is -0.334 e. The third kappa shape index (κ3) is 2.29. The van der Waals surface area contributed by atoms with Crippen molar-refractivity contribution in [3.05, 3.63) is 53.6 Å². The van der Waals surface area contributed by atoms with E-state index in [-0.39, 0.29) is 5.91 Å². The second-order valence-electron chi connectivity index (χ2n) is 4.96. The highest BCUT2D eigenvalue weighted by Gasteiger charge is 2.22. The van der Waals surface area contributed by atoms with Gasteiger partial charge in [-0.2, -0.15) is 4.39 Å². The third-order valence-corrected chi connectivity index (χ3v) is 3.64. The minimum absolute atomic E-state index is 0.172. The number of pyridine rings is 1. The Balaban J connectivity index is 1.89. The SMILES string of the molecule is CCC(=O)N1Cc2ccc(-c3ccc(F)nc3)cc2C1. The lowest BCUT2D eigenvalue weighted by molar-refractivity contribution is -0.131. The molecule has 1 aliphatic heterocycles. The van der Waals surface area contributed by atoms with Crippen LogP contribution in [0.5, 0.6) is 0 Å². The molecule has 3 nitrogen and oxygen atoms in total. The van der Waals surface area contributed by atoms with Crippen LogP contribution < -0.4 is 0 Å². The molecule has 3 rings (SSSR count). The van der Waals surface area contributed by atoms with Gasteiger partial charge in [0.05, 0.1) is 0 Å². The first-order valence-corrected chi connectivity index (χ1v) is 6.69. The highest BCUT2D eigenvalue weighted by molar-refractivity contribution is 5.77. The van der Waals surface area contributed by atoms with Gasteiger partial charge in [0.1, 0.15) is 0 Å². The van der Waals surface area contributed by atoms with Crippen molar-refractivity contribution in [2.45, 2.75) is 26.4 Å². The summed E-state index contributed by atoms with van der Waals surface area (Å²) in [6, 6.07) is 9.17. The van der Waals surface area contributed by atoms with Gasteiger partial charge in [0.25, 0.3) is 0 Å². The molecule has 0 bridgehead atoms. The number of aromatic nitrogens is 1. The second-order valence-corrected chi connectivity index (χ2v) is 4.96. The van der Waals surface area contributed by atoms with E-state index < -0.39 is 5.95 Å². The van der Waals surface area contributed by atoms with Crippen LogP contribution >= 0.6 is 0 Å². The zero-order valence-corrected chi connectivity index (χ0v) is 11.3. The third-order valence-electron chi connectivity index (χ3n) is 3.64. The number of nitrogens with zero attached hydrogens (tertiary/aromatic N) is 2. The van der Waals surface area contributed by atoms with Crippen LogP contribution in [0.3, 0.4) is 0 Å². The van der Waals surface area contributed by atoms with E-state index in [0.717, 1.165) is 16.7 Å². The maximum absolute atomic E-state index is 12.8. The highest BCUT2D eigenvalue weighted by atomic mass is 19.1. The van der Waals surface area contributed by atoms with E-state index in [4.69, 9.17) is 0 Å². The average Bonchev–Trinajstić information content (AvgIpc) is 2.90. The summed E-state index contributed by atoms with van der Waals surface area (Å²) in [5.41, 5.74) is 4.23. The number of carbonyl (C=O) groups is 1. The van der Waals surface area contributed by atoms with Crippen LogP contribution in [0.4, 0.5) is 4.39 Å². The van der Waals surface area contributed by atoms with Crippen LogP contribution in [0.1, 0.15) is 24.5 Å². The molecule has 1 aromatic heterocycles. The number of fused-ring (bicyclic) bond motifs is 1. The van der Waals surface area contributed by atoms with Crippen molar-refractivity contribution in [2.75, 3.05) is 0 Å². The first-order valence-electron chi connectivity index (χ1n) is 6.69. The van der Waals surface area contributed by atoms with Crippen LogP contribution in [0.25, 0.3) is 11.1 Å². The van der Waals surface area contributed by atoms with E-state index in [0.29, 0.717) is 19.5 Å². The van der Waals surface area contributed by atoms with E-state index in [1.54, 1.807) is 6.07 Å². The Morgan fingerprint density at radius 3 is 2.65 bits per heavy atom. The summed E-state index contributed by atoms with van der Waals surface area (Å²) in [7, 11) is 0. The minimum atomic E-state index is -0.477. The molecule has 0 radical (unpaired) electrons. The lowest BCUT2D eigenvalue weighted by Crippen LogP contribution is -2.23. The fourth-order valence-electron chi connectivity index (χ4n) is 2.52. The summed E-state index contributed by atoms with van der Waals surface area (Å²) in [4.78, 5) is 17.3. The van der Waals surface area contributed by atoms with Crippen molar-refractivity contribution < 1.29 is 9.18 Å². The molecule has 1 amide bonds. The zero-order valence-electron chi connectivity index (χ0n) is 11.3. The number of amides is 1. The summed E-state index contributed by atoms with van der Waals surface area (Å²) < 4.78 is 12.8. The zero-order chi connectivity index (χ0) is 14.1. The maximum atomic E-state index is 12.8. The topological polar surface area (TPSA) is 33.2 Å². The molecule has 1 aromatic carbocycles. The van der Waals surface area contributed by atoms with Gasteiger partial charge in [-0.15, -0.1) is 0 Å². The molecule has 0 saturated carbocycles. The molecule has 0 unspecified atom stereocenters. The van der Waals surface area contributed by atoms with E-state index in [9.17, 15) is 9.18 Å². The van der Waals surface area contributed by atoms with Crippen LogP contribution in [0.2, 0.25) is 0 Å². The number of halogens is 1. The van der Waals surface area contributed by atoms with Gasteiger partial charge in [-0.1, -0.05) is 19.1 Å². The Labute approximate surface area is 117 Å². The number of carbonyl (C=O) groups excluding carboxylic acids is 1. The van der Waals surface area contributed by atoms with Crippen molar-refractivity contribution >= 4 is 5.91 Å². The van der Waals surface area contributed by atoms with Gasteiger partial charge in [-0.3, -0.25) is 4.79 Å². The van der Waals surface area contributed by atoms with Gasteiger partial charge in [-0.25, -0.2) is 4.98 Å². The number of benzene rings is 1. The van der Waals surface area contributed by atoms with Crippen LogP contribution in [-0.2, 0) is 17.9 Å². The quantitative estimate of drug-likeness (QED) is 0.785. The first kappa shape index (κ1) is 12.8. The lowest BCUT2D eigenvalue weighted by atomic mass is 10.0. The molecular weight excluding hydrogens is 255 g/mol. The normalized spacial score (nSPS) is 13.4. The Kier molecular flexibility index (Phi) is 3.22. The molecule has 4 heteroatoms. The van der Waals surface area contributed by atoms with Gasteiger partial charge in [0.15, 0.2) is 0 Å². The maximum Gasteiger partial charge on any atom is 0.222 e. The van der Waals surface area contributed by atoms with E-state index in [1.807, 2.05) is 24.0 Å². The summed E-state index contributed by atoms with van der Waals surface area (Å²) in [6.45, 7) is 3.22. The van der Waals surface area contributed by atoms with Crippen molar-refractivity contribution in [3.63, 3.8) is 0 Å². The molecule has 2 aromatic rings. The largest absolute Gasteiger partial charge is 0.334 e. The predicted molar refractivity (Wildman–Crippen MR) is 74.2 cm³/mol. The second kappa shape index (κ2) is 5.04. The standard InChI is InChI=1S/C16H15FN2O/c1-2-16(20)19-9-13-4-3-11(7-14(13)10-19)12-5-6-15(17)18-8-12/h3-8H,2,9-10H2,1H3. The molecule has 2 heterocycles. The Morgan fingerprint density at radius 2 is 1.95 bits per heavy atom. The predicted octanol–water partition coefficient (Wildman–Crippen LogP) is 3.14. The molecule has 0 N–H and O–H groups in total. The Morgan fingerprint density at radius 1 is 1.20 bits per heavy atom. The lowest BCUT2D eigenvalue weighted by Gasteiger charge is -2.13. The fraction of sp³-hybridized carbons (Fsp3) is 0.250. The van der Waals surface area contributed by atoms with Crippen molar-refractivity contribution in [2.24, 2.45) is 0 Å². The summed E-state index contributed by atoms with van der Waals surface area (Å²) >= 11 is 0. The molecule has 20 heavy (non-hydrogen) atoms. The van der Waals surface area contributed by atoms with E-state index >= 15 is 0 Å². The molecule has 102 valence electrons. The molecule has 0 spiro atoms. The van der Waals surface area contributed by atoms with Crippen molar-refractivity contribution in [3.8, 4) is 11.1 Å². The highest BCUT2D eigenvalue weighted by Crippen LogP contribution is 2.28. The molecular formula is C16H15FN2O. The number of hydrogen-bond acceptors (Lipinski definition) is 2. The summed E-state index contributed by atoms with van der Waals surface area (Å²) in [5.74, 6) is -0.305. The first-order chi connectivity index (χ1) is 9.67. The number of hydrogen-bond donors (Lipinski definition) is 0. The average molecular weight is 270 g/mol. The van der Waals surface area contributed by atoms with Gasteiger partial charge >= 0.3 is 0 Å². The van der Waals surface area contributed by atoms with Gasteiger partial charge < -0.3 is 4.90 Å². The molecule has 0 aliphatic carbocycles. The molecule has 0 saturated heterocycles. The van der Waals surface area contributed by atoms with Gasteiger partial charge in [0, 0.05) is 31.3 Å². The van der Waals surface area contributed by atoms with Gasteiger partial charge in [-0.05, 0) is 34.9 Å². The molecule has 0 atom stereocenters. The van der Waals surface area contributed by atoms with E-state index in [1.165, 1.54) is 17.8 Å². The Bertz CT molecular complexity index is 652. The van der Waals surface area contributed by atoms with Crippen molar-refractivity contribution in [1.82, 2.24) is 9.88 Å². The monoisotopic (exact) mass is 270 g/mol. The van der Waals surface area contributed by atoms with Crippen LogP contribution in [0, 0.1) is 5.95 Å². The van der Waals surface area contributed by atoms with Gasteiger partial charge in [0.2, 0.25) is 11.9 Å². The van der Waals surface area contributed by atoms with Crippen molar-refractivity contribution in [1.29, 1.82) is 0 Å². The van der Waals surface area contributed by atoms with Crippen LogP contribution in [-0.4, -0.2) is 15.8 Å². The molecule has 0 fully saturated rings. The number of rotatable bonds is 2. The fourth-order valence-corrected chi connectivity index (χ4v) is 2.52. The Hall–Kier alpha value is -2.23. The molecule has 1 aliphatic rings. The smallest absolute Gasteiger partial charge is 0.222 e. The summed E-state index contributed by atoms with van der Waals surface area (Å²) in [6.07, 6.45) is 2.06.